The molecule has 0 amide bonds. The van der Waals surface area contributed by atoms with Crippen LogP contribution in [0.25, 0.3) is 11.1 Å². The molecule has 0 saturated heterocycles. The van der Waals surface area contributed by atoms with Crippen molar-refractivity contribution in [3.05, 3.63) is 84.9 Å². The summed E-state index contributed by atoms with van der Waals surface area (Å²) in [6, 6.07) is 30.3. The first kappa shape index (κ1) is 13.7. The van der Waals surface area contributed by atoms with Gasteiger partial charge in [-0.25, -0.2) is 0 Å². The van der Waals surface area contributed by atoms with Gasteiger partial charge in [0.05, 0.1) is 11.4 Å². The predicted octanol–water partition coefficient (Wildman–Crippen LogP) is 4.07. The van der Waals surface area contributed by atoms with Crippen LogP contribution < -0.4 is 26.0 Å². The highest BCUT2D eigenvalue weighted by molar-refractivity contribution is 7.01. The van der Waals surface area contributed by atoms with Crippen LogP contribution in [0, 0.1) is 0 Å². The number of nitrogens with zero attached hydrogens (tertiary/aromatic N) is 1. The fourth-order valence-electron chi connectivity index (χ4n) is 5.07. The third-order valence-electron chi connectivity index (χ3n) is 6.07. The van der Waals surface area contributed by atoms with E-state index < -0.39 is 0 Å². The molecule has 0 aliphatic carbocycles. The number of para-hydroxylation sites is 3. The van der Waals surface area contributed by atoms with Crippen molar-refractivity contribution >= 4 is 40.2 Å². The summed E-state index contributed by atoms with van der Waals surface area (Å²) in [4.78, 5) is 2.39. The van der Waals surface area contributed by atoms with E-state index in [1.807, 2.05) is 6.07 Å². The lowest BCUT2D eigenvalue weighted by Crippen LogP contribution is -2.55. The van der Waals surface area contributed by atoms with E-state index in [2.05, 4.69) is 83.8 Å². The highest BCUT2D eigenvalue weighted by Crippen LogP contribution is 2.51. The highest BCUT2D eigenvalue weighted by atomic mass is 16.5. The third kappa shape index (κ3) is 1.54. The van der Waals surface area contributed by atoms with Gasteiger partial charge in [0.2, 0.25) is 6.71 Å². The smallest absolute Gasteiger partial charge is 0.248 e. The molecule has 0 N–H and O–H groups in total. The maximum Gasteiger partial charge on any atom is 0.248 e. The summed E-state index contributed by atoms with van der Waals surface area (Å²) in [7, 11) is 0. The summed E-state index contributed by atoms with van der Waals surface area (Å²) in [5.41, 5.74) is 10.4. The van der Waals surface area contributed by atoms with Crippen molar-refractivity contribution in [2.24, 2.45) is 0 Å². The predicted molar refractivity (Wildman–Crippen MR) is 111 cm³/mol. The lowest BCUT2D eigenvalue weighted by atomic mass is 9.37. The lowest BCUT2D eigenvalue weighted by Gasteiger charge is -2.40. The van der Waals surface area contributed by atoms with Crippen molar-refractivity contribution in [1.29, 1.82) is 0 Å². The fraction of sp³-hybridized carbons (Fsp3) is 0. The van der Waals surface area contributed by atoms with Crippen molar-refractivity contribution in [3.8, 4) is 22.6 Å². The van der Waals surface area contributed by atoms with Gasteiger partial charge in [-0.1, -0.05) is 66.1 Å². The van der Waals surface area contributed by atoms with Crippen molar-refractivity contribution in [3.63, 3.8) is 0 Å². The second-order valence-corrected chi connectivity index (χ2v) is 7.36. The maximum atomic E-state index is 6.30. The molecule has 7 rings (SSSR count). The molecule has 0 saturated carbocycles. The van der Waals surface area contributed by atoms with Crippen LogP contribution in [0.5, 0.6) is 11.5 Å². The SMILES string of the molecule is c1ccc2c(c1)Oc1cccc3c1N2c1cccc2c1B3c1ccccc1-2. The van der Waals surface area contributed by atoms with Gasteiger partial charge in [-0.15, -0.1) is 0 Å². The monoisotopic (exact) mass is 343 g/mol. The Morgan fingerprint density at radius 2 is 1.30 bits per heavy atom. The van der Waals surface area contributed by atoms with Gasteiger partial charge in [0.25, 0.3) is 0 Å². The first-order valence-electron chi connectivity index (χ1n) is 9.34. The molecule has 0 bridgehead atoms. The molecule has 27 heavy (non-hydrogen) atoms. The van der Waals surface area contributed by atoms with Gasteiger partial charge in [0, 0.05) is 5.69 Å². The minimum atomic E-state index is 0.271. The number of ether oxygens (including phenoxy) is 1. The van der Waals surface area contributed by atoms with Crippen LogP contribution in [0.4, 0.5) is 17.1 Å². The Balaban J connectivity index is 1.65. The summed E-state index contributed by atoms with van der Waals surface area (Å²) in [6.45, 7) is 0.271. The van der Waals surface area contributed by atoms with Crippen LogP contribution in [0.15, 0.2) is 84.9 Å². The zero-order chi connectivity index (χ0) is 17.5. The average molecular weight is 343 g/mol. The summed E-state index contributed by atoms with van der Waals surface area (Å²) in [6.07, 6.45) is 0. The van der Waals surface area contributed by atoms with Crippen molar-refractivity contribution in [2.45, 2.75) is 0 Å². The molecule has 3 heteroatoms. The number of hydrogen-bond donors (Lipinski definition) is 0. The quantitative estimate of drug-likeness (QED) is 0.385. The van der Waals surface area contributed by atoms with Gasteiger partial charge in [-0.3, -0.25) is 0 Å². The molecule has 124 valence electrons. The average Bonchev–Trinajstić information content (AvgIpc) is 3.07. The molecule has 0 unspecified atom stereocenters. The largest absolute Gasteiger partial charge is 0.453 e. The van der Waals surface area contributed by atoms with E-state index in [1.54, 1.807) is 0 Å². The van der Waals surface area contributed by atoms with Gasteiger partial charge in [0.1, 0.15) is 0 Å². The summed E-state index contributed by atoms with van der Waals surface area (Å²) >= 11 is 0. The van der Waals surface area contributed by atoms with Crippen LogP contribution in [0.3, 0.4) is 0 Å². The molecule has 2 nitrogen and oxygen atoms in total. The first-order valence-corrected chi connectivity index (χ1v) is 9.34. The van der Waals surface area contributed by atoms with Gasteiger partial charge in [-0.2, -0.15) is 0 Å². The minimum absolute atomic E-state index is 0.271. The van der Waals surface area contributed by atoms with Crippen LogP contribution in [0.1, 0.15) is 0 Å². The van der Waals surface area contributed by atoms with E-state index >= 15 is 0 Å². The van der Waals surface area contributed by atoms with Crippen molar-refractivity contribution < 1.29 is 4.74 Å². The number of benzene rings is 4. The summed E-state index contributed by atoms with van der Waals surface area (Å²) in [5.74, 6) is 1.85. The fourth-order valence-corrected chi connectivity index (χ4v) is 5.07. The maximum absolute atomic E-state index is 6.30. The van der Waals surface area contributed by atoms with Crippen LogP contribution >= 0.6 is 0 Å². The Bertz CT molecular complexity index is 1280. The Kier molecular flexibility index (Phi) is 2.35. The van der Waals surface area contributed by atoms with E-state index in [0.717, 1.165) is 17.2 Å². The topological polar surface area (TPSA) is 12.5 Å². The molecule has 3 aliphatic rings. The van der Waals surface area contributed by atoms with Crippen molar-refractivity contribution in [2.75, 3.05) is 4.90 Å². The molecule has 0 aromatic heterocycles. The molecule has 0 spiro atoms. The van der Waals surface area contributed by atoms with Gasteiger partial charge in [0.15, 0.2) is 11.5 Å². The Morgan fingerprint density at radius 3 is 2.30 bits per heavy atom. The van der Waals surface area contributed by atoms with E-state index in [-0.39, 0.29) is 6.71 Å². The number of fused-ring (bicyclic) bond motifs is 7. The molecule has 0 fully saturated rings. The van der Waals surface area contributed by atoms with Crippen LogP contribution in [-0.2, 0) is 0 Å². The zero-order valence-corrected chi connectivity index (χ0v) is 14.5. The van der Waals surface area contributed by atoms with Crippen molar-refractivity contribution in [1.82, 2.24) is 0 Å². The molecule has 3 heterocycles. The second kappa shape index (κ2) is 4.63. The van der Waals surface area contributed by atoms with Crippen LogP contribution in [0.2, 0.25) is 0 Å². The Morgan fingerprint density at radius 1 is 0.593 bits per heavy atom. The Labute approximate surface area is 157 Å². The minimum Gasteiger partial charge on any atom is -0.453 e. The highest BCUT2D eigenvalue weighted by Gasteiger charge is 2.44. The molecule has 4 aromatic carbocycles. The van der Waals surface area contributed by atoms with E-state index in [1.165, 1.54) is 38.9 Å². The van der Waals surface area contributed by atoms with E-state index in [0.29, 0.717) is 0 Å². The molecule has 4 aromatic rings. The molecule has 0 radical (unpaired) electrons. The molecular weight excluding hydrogens is 329 g/mol. The van der Waals surface area contributed by atoms with Gasteiger partial charge >= 0.3 is 0 Å². The molecular formula is C24H14BNO. The standard InChI is InChI=1S/C24H14BNO/c1-2-9-17-15(7-1)16-8-5-12-20-23(16)25(17)18-10-6-14-22-24(18)26(20)19-11-3-4-13-21(19)27-22/h1-14H. The van der Waals surface area contributed by atoms with Gasteiger partial charge < -0.3 is 9.64 Å². The van der Waals surface area contributed by atoms with Gasteiger partial charge in [-0.05, 0) is 46.3 Å². The van der Waals surface area contributed by atoms with E-state index in [9.17, 15) is 0 Å². The number of rotatable bonds is 0. The third-order valence-corrected chi connectivity index (χ3v) is 6.07. The number of anilines is 3. The molecule has 3 aliphatic heterocycles. The zero-order valence-electron chi connectivity index (χ0n) is 14.5. The lowest BCUT2D eigenvalue weighted by molar-refractivity contribution is 0.477. The Hall–Kier alpha value is -3.46. The van der Waals surface area contributed by atoms with E-state index in [4.69, 9.17) is 4.74 Å². The summed E-state index contributed by atoms with van der Waals surface area (Å²) < 4.78 is 6.30. The molecule has 0 atom stereocenters. The second-order valence-electron chi connectivity index (χ2n) is 7.36. The number of hydrogen-bond acceptors (Lipinski definition) is 2. The first-order chi connectivity index (χ1) is 13.4. The van der Waals surface area contributed by atoms with Crippen LogP contribution in [-0.4, -0.2) is 6.71 Å². The normalized spacial score (nSPS) is 14.1. The summed E-state index contributed by atoms with van der Waals surface area (Å²) in [5, 5.41) is 0.